The van der Waals surface area contributed by atoms with Crippen LogP contribution in [-0.2, 0) is 19.6 Å². The number of aromatic nitrogens is 1. The van der Waals surface area contributed by atoms with Crippen molar-refractivity contribution in [2.45, 2.75) is 32.5 Å². The van der Waals surface area contributed by atoms with Crippen LogP contribution in [0.5, 0.6) is 0 Å². The molecule has 0 atom stereocenters. The Morgan fingerprint density at radius 2 is 1.62 bits per heavy atom. The maximum atomic E-state index is 14.4. The molecule has 4 rings (SSSR count). The third kappa shape index (κ3) is 4.74. The van der Waals surface area contributed by atoms with E-state index in [9.17, 15) is 9.18 Å². The zero-order chi connectivity index (χ0) is 20.1. The lowest BCUT2D eigenvalue weighted by Crippen LogP contribution is -2.22. The lowest BCUT2D eigenvalue weighted by atomic mass is 10.1. The van der Waals surface area contributed by atoms with E-state index < -0.39 is 0 Å². The number of halogens is 1. The summed E-state index contributed by atoms with van der Waals surface area (Å²) >= 11 is 0. The predicted octanol–water partition coefficient (Wildman–Crippen LogP) is 3.93. The fourth-order valence-electron chi connectivity index (χ4n) is 3.86. The average Bonchev–Trinajstić information content (AvgIpc) is 3.27. The summed E-state index contributed by atoms with van der Waals surface area (Å²) in [4.78, 5) is 14.1. The molecule has 1 N–H and O–H groups in total. The molecule has 0 radical (unpaired) electrons. The minimum Gasteiger partial charge on any atom is -0.371 e. The van der Waals surface area contributed by atoms with Crippen LogP contribution in [0.25, 0.3) is 0 Å². The molecule has 0 amide bonds. The number of hydrogen-bond donors (Lipinski definition) is 1. The number of rotatable bonds is 7. The molecule has 1 aliphatic heterocycles. The van der Waals surface area contributed by atoms with Gasteiger partial charge in [-0.15, -0.1) is 0 Å². The van der Waals surface area contributed by atoms with E-state index in [0.717, 1.165) is 35.5 Å². The van der Waals surface area contributed by atoms with Gasteiger partial charge >= 0.3 is 0 Å². The Morgan fingerprint density at radius 1 is 0.862 bits per heavy atom. The Bertz CT molecular complexity index is 1010. The van der Waals surface area contributed by atoms with Crippen LogP contribution in [0.4, 0.5) is 10.1 Å². The summed E-state index contributed by atoms with van der Waals surface area (Å²) in [6, 6.07) is 18.7. The summed E-state index contributed by atoms with van der Waals surface area (Å²) in [5, 5.41) is 3.38. The van der Waals surface area contributed by atoms with E-state index in [1.165, 1.54) is 18.9 Å². The summed E-state index contributed by atoms with van der Waals surface area (Å²) in [5.74, 6) is -0.148. The zero-order valence-electron chi connectivity index (χ0n) is 16.5. The molecule has 5 heteroatoms. The monoisotopic (exact) mass is 391 g/mol. The van der Waals surface area contributed by atoms with Crippen LogP contribution >= 0.6 is 0 Å². The molecule has 2 aromatic carbocycles. The van der Waals surface area contributed by atoms with Gasteiger partial charge < -0.3 is 14.8 Å². The van der Waals surface area contributed by atoms with Gasteiger partial charge in [-0.3, -0.25) is 4.79 Å². The van der Waals surface area contributed by atoms with Crippen molar-refractivity contribution < 1.29 is 4.39 Å². The van der Waals surface area contributed by atoms with Gasteiger partial charge in [-0.1, -0.05) is 36.4 Å². The first-order chi connectivity index (χ1) is 14.2. The Balaban J connectivity index is 1.37. The first-order valence-electron chi connectivity index (χ1n) is 10.2. The van der Waals surface area contributed by atoms with Crippen molar-refractivity contribution in [2.24, 2.45) is 0 Å². The Kier molecular flexibility index (Phi) is 6.06. The molecule has 1 fully saturated rings. The van der Waals surface area contributed by atoms with Crippen molar-refractivity contribution in [1.29, 1.82) is 0 Å². The van der Waals surface area contributed by atoms with E-state index in [2.05, 4.69) is 22.3 Å². The van der Waals surface area contributed by atoms with Crippen molar-refractivity contribution in [1.82, 2.24) is 9.88 Å². The summed E-state index contributed by atoms with van der Waals surface area (Å²) < 4.78 is 16.1. The van der Waals surface area contributed by atoms with Gasteiger partial charge in [0, 0.05) is 49.7 Å². The highest BCUT2D eigenvalue weighted by atomic mass is 19.1. The lowest BCUT2D eigenvalue weighted by molar-refractivity contribution is 0.587. The van der Waals surface area contributed by atoms with Gasteiger partial charge in [0.2, 0.25) is 0 Å². The van der Waals surface area contributed by atoms with E-state index in [1.54, 1.807) is 29.0 Å². The molecule has 1 aliphatic rings. The van der Waals surface area contributed by atoms with E-state index in [-0.39, 0.29) is 11.4 Å². The summed E-state index contributed by atoms with van der Waals surface area (Å²) in [6.45, 7) is 3.73. The number of anilines is 1. The Hall–Kier alpha value is -2.92. The van der Waals surface area contributed by atoms with Gasteiger partial charge in [0.1, 0.15) is 5.82 Å². The largest absolute Gasteiger partial charge is 0.371 e. The number of hydrogen-bond acceptors (Lipinski definition) is 3. The van der Waals surface area contributed by atoms with Crippen molar-refractivity contribution in [3.05, 3.63) is 99.7 Å². The zero-order valence-corrected chi connectivity index (χ0v) is 16.5. The highest BCUT2D eigenvalue weighted by molar-refractivity contribution is 5.54. The third-order valence-electron chi connectivity index (χ3n) is 5.45. The smallest absolute Gasteiger partial charge is 0.250 e. The summed E-state index contributed by atoms with van der Waals surface area (Å²) in [7, 11) is 0. The van der Waals surface area contributed by atoms with E-state index >= 15 is 0 Å². The Labute approximate surface area is 170 Å². The van der Waals surface area contributed by atoms with Crippen LogP contribution < -0.4 is 15.8 Å². The van der Waals surface area contributed by atoms with Crippen LogP contribution in [-0.4, -0.2) is 17.7 Å². The molecule has 0 aliphatic carbocycles. The van der Waals surface area contributed by atoms with Gasteiger partial charge in [0.25, 0.3) is 5.56 Å². The number of nitrogens with zero attached hydrogens (tertiary/aromatic N) is 2. The standard InChI is InChI=1S/C24H26FN3O/c25-22-6-5-7-23(27-13-3-4-14-27)21(22)17-26-16-19-9-11-20(12-10-19)18-28-15-2-1-8-24(28)29/h1-2,5-12,15,26H,3-4,13-14,16-18H2. The van der Waals surface area contributed by atoms with Crippen LogP contribution in [0.15, 0.2) is 71.7 Å². The van der Waals surface area contributed by atoms with E-state index in [0.29, 0.717) is 19.6 Å². The first kappa shape index (κ1) is 19.4. The van der Waals surface area contributed by atoms with Crippen LogP contribution in [0.1, 0.15) is 29.5 Å². The summed E-state index contributed by atoms with van der Waals surface area (Å²) in [6.07, 6.45) is 4.14. The molecule has 0 spiro atoms. The highest BCUT2D eigenvalue weighted by Gasteiger charge is 2.17. The van der Waals surface area contributed by atoms with Gasteiger partial charge in [0.15, 0.2) is 0 Å². The van der Waals surface area contributed by atoms with Crippen molar-refractivity contribution in [3.8, 4) is 0 Å². The van der Waals surface area contributed by atoms with Crippen molar-refractivity contribution in [2.75, 3.05) is 18.0 Å². The average molecular weight is 391 g/mol. The first-order valence-corrected chi connectivity index (χ1v) is 10.2. The van der Waals surface area contributed by atoms with Gasteiger partial charge in [-0.05, 0) is 42.2 Å². The molecule has 1 aromatic heterocycles. The van der Waals surface area contributed by atoms with Crippen LogP contribution in [0, 0.1) is 5.82 Å². The van der Waals surface area contributed by atoms with E-state index in [1.807, 2.05) is 24.3 Å². The maximum Gasteiger partial charge on any atom is 0.250 e. The van der Waals surface area contributed by atoms with E-state index in [4.69, 9.17) is 0 Å². The topological polar surface area (TPSA) is 37.3 Å². The molecule has 29 heavy (non-hydrogen) atoms. The minimum atomic E-state index is -0.148. The van der Waals surface area contributed by atoms with Gasteiger partial charge in [0.05, 0.1) is 6.54 Å². The fourth-order valence-corrected chi connectivity index (χ4v) is 3.86. The quantitative estimate of drug-likeness (QED) is 0.663. The second-order valence-electron chi connectivity index (χ2n) is 7.52. The number of benzene rings is 2. The predicted molar refractivity (Wildman–Crippen MR) is 115 cm³/mol. The highest BCUT2D eigenvalue weighted by Crippen LogP contribution is 2.26. The molecule has 1 saturated heterocycles. The maximum absolute atomic E-state index is 14.4. The molecular weight excluding hydrogens is 365 g/mol. The van der Waals surface area contributed by atoms with Crippen LogP contribution in [0.2, 0.25) is 0 Å². The molecule has 0 saturated carbocycles. The minimum absolute atomic E-state index is 0.00284. The van der Waals surface area contributed by atoms with Gasteiger partial charge in [-0.25, -0.2) is 4.39 Å². The third-order valence-corrected chi connectivity index (χ3v) is 5.45. The van der Waals surface area contributed by atoms with Crippen molar-refractivity contribution >= 4 is 5.69 Å². The van der Waals surface area contributed by atoms with Crippen molar-refractivity contribution in [3.63, 3.8) is 0 Å². The molecule has 2 heterocycles. The molecule has 150 valence electrons. The molecule has 4 nitrogen and oxygen atoms in total. The molecule has 0 unspecified atom stereocenters. The van der Waals surface area contributed by atoms with Gasteiger partial charge in [-0.2, -0.15) is 0 Å². The second-order valence-corrected chi connectivity index (χ2v) is 7.52. The fraction of sp³-hybridized carbons (Fsp3) is 0.292. The number of pyridine rings is 1. The second kappa shape index (κ2) is 9.05. The lowest BCUT2D eigenvalue weighted by Gasteiger charge is -2.22. The molecule has 3 aromatic rings. The number of nitrogens with one attached hydrogen (secondary N) is 1. The summed E-state index contributed by atoms with van der Waals surface area (Å²) in [5.41, 5.74) is 3.96. The normalized spacial score (nSPS) is 13.8. The van der Waals surface area contributed by atoms with Crippen LogP contribution in [0.3, 0.4) is 0 Å². The molecule has 0 bridgehead atoms. The molecular formula is C24H26FN3O. The Morgan fingerprint density at radius 3 is 2.38 bits per heavy atom. The SMILES string of the molecule is O=c1ccccn1Cc1ccc(CNCc2c(F)cccc2N2CCCC2)cc1.